The highest BCUT2D eigenvalue weighted by Gasteiger charge is 2.31. The first-order chi connectivity index (χ1) is 19.0. The van der Waals surface area contributed by atoms with Crippen LogP contribution in [0.3, 0.4) is 0 Å². The van der Waals surface area contributed by atoms with Gasteiger partial charge in [0.1, 0.15) is 11.6 Å². The van der Waals surface area contributed by atoms with E-state index >= 15 is 4.39 Å². The summed E-state index contributed by atoms with van der Waals surface area (Å²) in [4.78, 5) is 42.6. The zero-order valence-electron chi connectivity index (χ0n) is 22.9. The van der Waals surface area contributed by atoms with Gasteiger partial charge in [0.2, 0.25) is 0 Å². The zero-order valence-corrected chi connectivity index (χ0v) is 23.7. The van der Waals surface area contributed by atoms with Crippen LogP contribution in [0.1, 0.15) is 43.5 Å². The van der Waals surface area contributed by atoms with Crippen molar-refractivity contribution in [2.75, 3.05) is 24.5 Å². The van der Waals surface area contributed by atoms with E-state index in [1.807, 2.05) is 38.7 Å². The summed E-state index contributed by atoms with van der Waals surface area (Å²) >= 11 is 6.76. The second-order valence-corrected chi connectivity index (χ2v) is 10.9. The minimum atomic E-state index is -0.998. The van der Waals surface area contributed by atoms with E-state index in [1.165, 1.54) is 9.47 Å². The van der Waals surface area contributed by atoms with Gasteiger partial charge in [-0.05, 0) is 56.0 Å². The summed E-state index contributed by atoms with van der Waals surface area (Å²) in [5.41, 5.74) is 2.64. The summed E-state index contributed by atoms with van der Waals surface area (Å²) in [5, 5.41) is 10.2. The number of carboxylic acid groups (broad SMARTS) is 1. The van der Waals surface area contributed by atoms with Crippen molar-refractivity contribution < 1.29 is 14.3 Å². The number of aromatic nitrogens is 4. The minimum Gasteiger partial charge on any atom is -0.465 e. The maximum absolute atomic E-state index is 15.3. The van der Waals surface area contributed by atoms with Gasteiger partial charge in [-0.2, -0.15) is 4.98 Å². The van der Waals surface area contributed by atoms with Crippen LogP contribution in [0.15, 0.2) is 41.3 Å². The number of fused-ring (bicyclic) bond motifs is 1. The number of pyridine rings is 2. The molecular formula is C29H30ClFN6O3. The lowest BCUT2D eigenvalue weighted by molar-refractivity contribution is 0.136. The third-order valence-corrected chi connectivity index (χ3v) is 7.63. The van der Waals surface area contributed by atoms with Crippen molar-refractivity contribution in [1.82, 2.24) is 24.4 Å². The maximum Gasteiger partial charge on any atom is 0.407 e. The van der Waals surface area contributed by atoms with E-state index in [0.717, 1.165) is 5.56 Å². The molecule has 40 heavy (non-hydrogen) atoms. The number of rotatable bonds is 4. The molecule has 1 aliphatic rings. The van der Waals surface area contributed by atoms with Gasteiger partial charge in [0, 0.05) is 37.4 Å². The van der Waals surface area contributed by atoms with Crippen LogP contribution in [0.25, 0.3) is 28.0 Å². The second-order valence-electron chi connectivity index (χ2n) is 10.5. The number of benzene rings is 1. The molecule has 0 saturated carbocycles. The normalized spacial score (nSPS) is 15.8. The van der Waals surface area contributed by atoms with Crippen molar-refractivity contribution in [3.63, 3.8) is 0 Å². The van der Waals surface area contributed by atoms with E-state index in [1.54, 1.807) is 37.4 Å². The van der Waals surface area contributed by atoms with Gasteiger partial charge in [0.25, 0.3) is 0 Å². The smallest absolute Gasteiger partial charge is 0.407 e. The molecule has 9 nitrogen and oxygen atoms in total. The highest BCUT2D eigenvalue weighted by Crippen LogP contribution is 2.36. The molecule has 5 rings (SSSR count). The molecule has 1 amide bonds. The molecule has 1 aliphatic heterocycles. The van der Waals surface area contributed by atoms with E-state index < -0.39 is 17.6 Å². The van der Waals surface area contributed by atoms with Gasteiger partial charge in [-0.1, -0.05) is 37.6 Å². The van der Waals surface area contributed by atoms with E-state index in [4.69, 9.17) is 16.6 Å². The van der Waals surface area contributed by atoms with Gasteiger partial charge < -0.3 is 14.9 Å². The van der Waals surface area contributed by atoms with Crippen molar-refractivity contribution in [2.45, 2.75) is 46.6 Å². The van der Waals surface area contributed by atoms with Crippen LogP contribution < -0.4 is 10.6 Å². The van der Waals surface area contributed by atoms with Gasteiger partial charge in [-0.25, -0.2) is 23.5 Å². The number of hydrogen-bond donors (Lipinski definition) is 1. The van der Waals surface area contributed by atoms with Crippen LogP contribution in [0, 0.1) is 19.7 Å². The molecule has 0 unspecified atom stereocenters. The standard InChI is InChI=1S/C29H30ClFN6O3/c1-15(2)23-25(17(4)9-10-32-23)37-27-20(13-21(30)24(33-27)19-8-6-7-16(3)22(19)31)26(34-28(37)38)36-12-11-35(29(39)40)14-18(36)5/h6-10,13,15,18H,11-12,14H2,1-5H3,(H,39,40)/t18-/m0/s1. The Balaban J connectivity index is 1.85. The molecule has 11 heteroatoms. The molecule has 1 saturated heterocycles. The van der Waals surface area contributed by atoms with E-state index in [2.05, 4.69) is 9.97 Å². The van der Waals surface area contributed by atoms with Crippen LogP contribution in [0.2, 0.25) is 5.02 Å². The molecular weight excluding hydrogens is 535 g/mol. The monoisotopic (exact) mass is 564 g/mol. The lowest BCUT2D eigenvalue weighted by Crippen LogP contribution is -2.54. The maximum atomic E-state index is 15.3. The number of carbonyl (C=O) groups is 1. The highest BCUT2D eigenvalue weighted by atomic mass is 35.5. The van der Waals surface area contributed by atoms with Gasteiger partial charge in [-0.3, -0.25) is 4.98 Å². The third-order valence-electron chi connectivity index (χ3n) is 7.34. The van der Waals surface area contributed by atoms with Crippen molar-refractivity contribution in [3.8, 4) is 16.9 Å². The van der Waals surface area contributed by atoms with Crippen molar-refractivity contribution >= 4 is 34.5 Å². The lowest BCUT2D eigenvalue weighted by atomic mass is 10.0. The number of piperazine rings is 1. The predicted molar refractivity (Wildman–Crippen MR) is 153 cm³/mol. The molecule has 208 valence electrons. The summed E-state index contributed by atoms with van der Waals surface area (Å²) in [5.74, 6) is -0.105. The van der Waals surface area contributed by atoms with Gasteiger partial charge in [0.05, 0.1) is 27.5 Å². The molecule has 4 aromatic rings. The average molecular weight is 565 g/mol. The Hall–Kier alpha value is -4.05. The molecule has 0 aliphatic carbocycles. The summed E-state index contributed by atoms with van der Waals surface area (Å²) in [7, 11) is 0. The molecule has 0 bridgehead atoms. The zero-order chi connectivity index (χ0) is 28.9. The first kappa shape index (κ1) is 27.5. The fraction of sp³-hybridized carbons (Fsp3) is 0.345. The van der Waals surface area contributed by atoms with Crippen molar-refractivity contribution in [2.24, 2.45) is 0 Å². The highest BCUT2D eigenvalue weighted by molar-refractivity contribution is 6.33. The number of anilines is 1. The van der Waals surface area contributed by atoms with Crippen molar-refractivity contribution in [3.05, 3.63) is 74.7 Å². The summed E-state index contributed by atoms with van der Waals surface area (Å²) < 4.78 is 16.7. The number of hydrogen-bond acceptors (Lipinski definition) is 6. The second kappa shape index (κ2) is 10.5. The Labute approximate surface area is 235 Å². The fourth-order valence-electron chi connectivity index (χ4n) is 5.28. The lowest BCUT2D eigenvalue weighted by Gasteiger charge is -2.39. The predicted octanol–water partition coefficient (Wildman–Crippen LogP) is 5.56. The third kappa shape index (κ3) is 4.66. The molecule has 1 atom stereocenters. The number of nitrogens with zero attached hydrogens (tertiary/aromatic N) is 6. The SMILES string of the molecule is Cc1cccc(-c2nc3c(cc2Cl)c(N2CCN(C(=O)O)C[C@@H]2C)nc(=O)n3-c2c(C)ccnc2C(C)C)c1F. The van der Waals surface area contributed by atoms with E-state index in [0.29, 0.717) is 34.7 Å². The number of aryl methyl sites for hydroxylation is 2. The topological polar surface area (TPSA) is 104 Å². The minimum absolute atomic E-state index is 0.0124. The summed E-state index contributed by atoms with van der Waals surface area (Å²) in [6.45, 7) is 10.2. The fourth-order valence-corrected chi connectivity index (χ4v) is 5.53. The first-order valence-corrected chi connectivity index (χ1v) is 13.5. The summed E-state index contributed by atoms with van der Waals surface area (Å²) in [6, 6.07) is 8.21. The molecule has 0 radical (unpaired) electrons. The number of amides is 1. The Bertz CT molecular complexity index is 1710. The van der Waals surface area contributed by atoms with E-state index in [9.17, 15) is 14.7 Å². The Morgan fingerprint density at radius 1 is 1.15 bits per heavy atom. The van der Waals surface area contributed by atoms with Gasteiger partial charge in [-0.15, -0.1) is 0 Å². The van der Waals surface area contributed by atoms with Crippen LogP contribution in [-0.2, 0) is 0 Å². The first-order valence-electron chi connectivity index (χ1n) is 13.1. The van der Waals surface area contributed by atoms with Crippen molar-refractivity contribution in [1.29, 1.82) is 0 Å². The summed E-state index contributed by atoms with van der Waals surface area (Å²) in [6.07, 6.45) is 0.701. The van der Waals surface area contributed by atoms with Crippen LogP contribution in [0.4, 0.5) is 15.0 Å². The Morgan fingerprint density at radius 3 is 2.58 bits per heavy atom. The van der Waals surface area contributed by atoms with Gasteiger partial charge >= 0.3 is 11.8 Å². The van der Waals surface area contributed by atoms with Gasteiger partial charge in [0.15, 0.2) is 5.65 Å². The van der Waals surface area contributed by atoms with Crippen LogP contribution >= 0.6 is 11.6 Å². The molecule has 1 aromatic carbocycles. The average Bonchev–Trinajstić information content (AvgIpc) is 2.90. The quantitative estimate of drug-likeness (QED) is 0.346. The molecule has 1 fully saturated rings. The Kier molecular flexibility index (Phi) is 7.22. The molecule has 3 aromatic heterocycles. The Morgan fingerprint density at radius 2 is 1.90 bits per heavy atom. The molecule has 0 spiro atoms. The van der Waals surface area contributed by atoms with E-state index in [-0.39, 0.29) is 47.0 Å². The molecule has 1 N–H and O–H groups in total. The van der Waals surface area contributed by atoms with Crippen LogP contribution in [0.5, 0.6) is 0 Å². The largest absolute Gasteiger partial charge is 0.465 e. The molecule has 4 heterocycles. The van der Waals surface area contributed by atoms with Crippen LogP contribution in [-0.4, -0.2) is 61.3 Å². The number of halogens is 2.